The van der Waals surface area contributed by atoms with Crippen molar-refractivity contribution in [3.8, 4) is 0 Å². The van der Waals surface area contributed by atoms with Crippen molar-refractivity contribution < 1.29 is 4.79 Å². The van der Waals surface area contributed by atoms with Crippen LogP contribution in [0.15, 0.2) is 18.2 Å². The molecule has 0 spiro atoms. The third-order valence-electron chi connectivity index (χ3n) is 1.88. The lowest BCUT2D eigenvalue weighted by Gasteiger charge is -2.08. The molecular weight excluding hydrogens is 326 g/mol. The van der Waals surface area contributed by atoms with Gasteiger partial charge in [-0.2, -0.15) is 0 Å². The van der Waals surface area contributed by atoms with Gasteiger partial charge in [0.25, 0.3) is 0 Å². The van der Waals surface area contributed by atoms with Gasteiger partial charge in [0.15, 0.2) is 0 Å². The van der Waals surface area contributed by atoms with Gasteiger partial charge in [-0.05, 0) is 40.8 Å². The molecular formula is C10H12ClIN2O. The van der Waals surface area contributed by atoms with E-state index < -0.39 is 0 Å². The van der Waals surface area contributed by atoms with Gasteiger partial charge in [0, 0.05) is 34.3 Å². The van der Waals surface area contributed by atoms with Crippen LogP contribution >= 0.6 is 34.2 Å². The second-order valence-electron chi connectivity index (χ2n) is 2.97. The molecule has 0 fully saturated rings. The van der Waals surface area contributed by atoms with Crippen molar-refractivity contribution in [1.29, 1.82) is 0 Å². The second-order valence-corrected chi connectivity index (χ2v) is 4.57. The van der Waals surface area contributed by atoms with E-state index in [0.717, 1.165) is 14.3 Å². The molecule has 0 aromatic heterocycles. The van der Waals surface area contributed by atoms with E-state index in [-0.39, 0.29) is 5.91 Å². The molecule has 1 amide bonds. The summed E-state index contributed by atoms with van der Waals surface area (Å²) in [4.78, 5) is 11.0. The summed E-state index contributed by atoms with van der Waals surface area (Å²) in [7, 11) is 1.63. The number of hydrogen-bond donors (Lipinski definition) is 2. The third-order valence-corrected chi connectivity index (χ3v) is 3.01. The topological polar surface area (TPSA) is 41.1 Å². The maximum atomic E-state index is 11.0. The quantitative estimate of drug-likeness (QED) is 0.828. The van der Waals surface area contributed by atoms with Gasteiger partial charge in [0.1, 0.15) is 0 Å². The highest BCUT2D eigenvalue weighted by molar-refractivity contribution is 14.1. The van der Waals surface area contributed by atoms with Crippen LogP contribution in [0.5, 0.6) is 0 Å². The SMILES string of the molecule is CNC(=O)CCNc1ccc(Cl)cc1I. The number of carbonyl (C=O) groups excluding carboxylic acids is 1. The molecule has 0 saturated carbocycles. The Hall–Kier alpha value is -0.490. The predicted octanol–water partition coefficient (Wildman–Crippen LogP) is 2.49. The van der Waals surface area contributed by atoms with Gasteiger partial charge in [-0.3, -0.25) is 4.79 Å². The van der Waals surface area contributed by atoms with E-state index in [2.05, 4.69) is 33.2 Å². The van der Waals surface area contributed by atoms with Crippen molar-refractivity contribution in [3.63, 3.8) is 0 Å². The maximum absolute atomic E-state index is 11.0. The van der Waals surface area contributed by atoms with Gasteiger partial charge in [0.2, 0.25) is 5.91 Å². The summed E-state index contributed by atoms with van der Waals surface area (Å²) in [5.41, 5.74) is 1.00. The lowest BCUT2D eigenvalue weighted by atomic mass is 10.3. The molecule has 1 rings (SSSR count). The molecule has 0 aliphatic heterocycles. The highest BCUT2D eigenvalue weighted by Crippen LogP contribution is 2.21. The van der Waals surface area contributed by atoms with Crippen LogP contribution in [0.25, 0.3) is 0 Å². The summed E-state index contributed by atoms with van der Waals surface area (Å²) >= 11 is 8.03. The third kappa shape index (κ3) is 4.25. The smallest absolute Gasteiger partial charge is 0.221 e. The van der Waals surface area contributed by atoms with E-state index in [1.165, 1.54) is 0 Å². The van der Waals surface area contributed by atoms with Crippen LogP contribution in [0.3, 0.4) is 0 Å². The molecule has 0 aliphatic rings. The zero-order valence-electron chi connectivity index (χ0n) is 8.31. The Bertz CT molecular complexity index is 357. The van der Waals surface area contributed by atoms with Crippen molar-refractivity contribution in [1.82, 2.24) is 5.32 Å². The number of rotatable bonds is 4. The predicted molar refractivity (Wildman–Crippen MR) is 71.3 cm³/mol. The zero-order chi connectivity index (χ0) is 11.3. The van der Waals surface area contributed by atoms with E-state index in [1.54, 1.807) is 7.05 Å². The summed E-state index contributed by atoms with van der Waals surface area (Å²) in [5, 5.41) is 6.47. The molecule has 82 valence electrons. The Balaban J connectivity index is 2.47. The monoisotopic (exact) mass is 338 g/mol. The van der Waals surface area contributed by atoms with Crippen LogP contribution in [0.2, 0.25) is 5.02 Å². The maximum Gasteiger partial charge on any atom is 0.221 e. The van der Waals surface area contributed by atoms with E-state index in [9.17, 15) is 4.79 Å². The minimum atomic E-state index is 0.0338. The largest absolute Gasteiger partial charge is 0.384 e. The lowest BCUT2D eigenvalue weighted by Crippen LogP contribution is -2.20. The Labute approximate surface area is 108 Å². The summed E-state index contributed by atoms with van der Waals surface area (Å²) in [6.07, 6.45) is 0.467. The first kappa shape index (κ1) is 12.6. The average molecular weight is 339 g/mol. The van der Waals surface area contributed by atoms with Crippen molar-refractivity contribution in [3.05, 3.63) is 26.8 Å². The Morgan fingerprint density at radius 1 is 1.53 bits per heavy atom. The van der Waals surface area contributed by atoms with E-state index in [4.69, 9.17) is 11.6 Å². The van der Waals surface area contributed by atoms with Gasteiger partial charge in [0.05, 0.1) is 0 Å². The van der Waals surface area contributed by atoms with E-state index >= 15 is 0 Å². The fourth-order valence-corrected chi connectivity index (χ4v) is 2.13. The van der Waals surface area contributed by atoms with Gasteiger partial charge < -0.3 is 10.6 Å². The van der Waals surface area contributed by atoms with Gasteiger partial charge in [-0.1, -0.05) is 11.6 Å². The first-order chi connectivity index (χ1) is 7.13. The molecule has 1 aromatic carbocycles. The Morgan fingerprint density at radius 3 is 2.87 bits per heavy atom. The van der Waals surface area contributed by atoms with Crippen LogP contribution in [0.1, 0.15) is 6.42 Å². The first-order valence-corrected chi connectivity index (χ1v) is 5.98. The van der Waals surface area contributed by atoms with Crippen molar-refractivity contribution >= 4 is 45.8 Å². The minimum Gasteiger partial charge on any atom is -0.384 e. The van der Waals surface area contributed by atoms with E-state index in [1.807, 2.05) is 18.2 Å². The highest BCUT2D eigenvalue weighted by atomic mass is 127. The van der Waals surface area contributed by atoms with Crippen LogP contribution in [0.4, 0.5) is 5.69 Å². The molecule has 0 atom stereocenters. The van der Waals surface area contributed by atoms with Crippen molar-refractivity contribution in [2.75, 3.05) is 18.9 Å². The molecule has 2 N–H and O–H groups in total. The number of benzene rings is 1. The van der Waals surface area contributed by atoms with Crippen LogP contribution in [0, 0.1) is 3.57 Å². The van der Waals surface area contributed by atoms with Crippen molar-refractivity contribution in [2.45, 2.75) is 6.42 Å². The number of hydrogen-bond acceptors (Lipinski definition) is 2. The molecule has 3 nitrogen and oxygen atoms in total. The normalized spacial score (nSPS) is 9.80. The molecule has 0 aliphatic carbocycles. The van der Waals surface area contributed by atoms with E-state index in [0.29, 0.717) is 13.0 Å². The standard InChI is InChI=1S/C10H12ClIN2O/c1-13-10(15)4-5-14-9-3-2-7(11)6-8(9)12/h2-3,6,14H,4-5H2,1H3,(H,13,15). The molecule has 0 bridgehead atoms. The van der Waals surface area contributed by atoms with Crippen LogP contribution in [-0.4, -0.2) is 19.5 Å². The van der Waals surface area contributed by atoms with Crippen LogP contribution in [-0.2, 0) is 4.79 Å². The zero-order valence-corrected chi connectivity index (χ0v) is 11.2. The summed E-state index contributed by atoms with van der Waals surface area (Å²) in [5.74, 6) is 0.0338. The van der Waals surface area contributed by atoms with Gasteiger partial charge in [-0.25, -0.2) is 0 Å². The van der Waals surface area contributed by atoms with Crippen LogP contribution < -0.4 is 10.6 Å². The molecule has 1 aromatic rings. The summed E-state index contributed by atoms with van der Waals surface area (Å²) < 4.78 is 1.05. The molecule has 0 heterocycles. The lowest BCUT2D eigenvalue weighted by molar-refractivity contribution is -0.120. The molecule has 15 heavy (non-hydrogen) atoms. The number of amides is 1. The fraction of sp³-hybridized carbons (Fsp3) is 0.300. The van der Waals surface area contributed by atoms with Gasteiger partial charge >= 0.3 is 0 Å². The highest BCUT2D eigenvalue weighted by Gasteiger charge is 2.01. The van der Waals surface area contributed by atoms with Gasteiger partial charge in [-0.15, -0.1) is 0 Å². The second kappa shape index (κ2) is 6.17. The van der Waals surface area contributed by atoms with Crippen molar-refractivity contribution in [2.24, 2.45) is 0 Å². The molecule has 0 radical (unpaired) electrons. The summed E-state index contributed by atoms with van der Waals surface area (Å²) in [6.45, 7) is 0.622. The summed E-state index contributed by atoms with van der Waals surface area (Å²) in [6, 6.07) is 5.62. The number of halogens is 2. The molecule has 0 unspecified atom stereocenters. The molecule has 5 heteroatoms. The number of anilines is 1. The average Bonchev–Trinajstić information content (AvgIpc) is 2.21. The Kier molecular flexibility index (Phi) is 5.17. The first-order valence-electron chi connectivity index (χ1n) is 4.53. The number of carbonyl (C=O) groups is 1. The minimum absolute atomic E-state index is 0.0338. The fourth-order valence-electron chi connectivity index (χ4n) is 1.07. The number of nitrogens with one attached hydrogen (secondary N) is 2. The molecule has 0 saturated heterocycles. The Morgan fingerprint density at radius 2 is 2.27 bits per heavy atom.